The first-order valence-corrected chi connectivity index (χ1v) is 8.68. The molecule has 0 radical (unpaired) electrons. The van der Waals surface area contributed by atoms with Crippen molar-refractivity contribution in [2.45, 2.75) is 33.2 Å². The number of ether oxygens (including phenoxy) is 1. The zero-order valence-electron chi connectivity index (χ0n) is 15.6. The number of carbonyl (C=O) groups excluding carboxylic acids is 3. The molecule has 2 rings (SSSR count). The first-order chi connectivity index (χ1) is 12.4. The third-order valence-corrected chi connectivity index (χ3v) is 4.41. The molecule has 0 aromatic heterocycles. The maximum absolute atomic E-state index is 12.9. The molecule has 7 nitrogen and oxygen atoms in total. The molecule has 2 atom stereocenters. The number of esters is 1. The average molecular weight is 359 g/mol. The Bertz CT molecular complexity index is 702. The van der Waals surface area contributed by atoms with Gasteiger partial charge in [-0.1, -0.05) is 25.1 Å². The predicted octanol–water partition coefficient (Wildman–Crippen LogP) is 1.87. The maximum atomic E-state index is 12.9. The van der Waals surface area contributed by atoms with Crippen LogP contribution >= 0.6 is 0 Å². The average Bonchev–Trinajstić information content (AvgIpc) is 3.11. The van der Waals surface area contributed by atoms with Crippen LogP contribution in [0.2, 0.25) is 0 Å². The SMILES string of the molecule is CCN(CC(C)C(=O)OC)C(=O)C1=NN(c2ccccc2)C(C(C)=O)C1. The van der Waals surface area contributed by atoms with Crippen LogP contribution in [-0.2, 0) is 19.1 Å². The van der Waals surface area contributed by atoms with E-state index in [-0.39, 0.29) is 30.6 Å². The van der Waals surface area contributed by atoms with Gasteiger partial charge in [0.05, 0.1) is 18.7 Å². The highest BCUT2D eigenvalue weighted by atomic mass is 16.5. The predicted molar refractivity (Wildman–Crippen MR) is 98.9 cm³/mol. The highest BCUT2D eigenvalue weighted by Gasteiger charge is 2.36. The van der Waals surface area contributed by atoms with Crippen LogP contribution in [-0.4, -0.2) is 54.5 Å². The molecule has 0 bridgehead atoms. The van der Waals surface area contributed by atoms with Crippen molar-refractivity contribution in [3.05, 3.63) is 30.3 Å². The zero-order valence-corrected chi connectivity index (χ0v) is 15.6. The van der Waals surface area contributed by atoms with E-state index in [2.05, 4.69) is 5.10 Å². The van der Waals surface area contributed by atoms with E-state index in [4.69, 9.17) is 4.74 Å². The molecular formula is C19H25N3O4. The third-order valence-electron chi connectivity index (χ3n) is 4.41. The van der Waals surface area contributed by atoms with Crippen molar-refractivity contribution in [3.63, 3.8) is 0 Å². The maximum Gasteiger partial charge on any atom is 0.310 e. The molecule has 140 valence electrons. The summed E-state index contributed by atoms with van der Waals surface area (Å²) in [6, 6.07) is 8.81. The van der Waals surface area contributed by atoms with E-state index in [0.717, 1.165) is 5.69 Å². The molecule has 26 heavy (non-hydrogen) atoms. The Morgan fingerprint density at radius 2 is 1.96 bits per heavy atom. The van der Waals surface area contributed by atoms with E-state index in [1.807, 2.05) is 37.3 Å². The number of benzene rings is 1. The Kier molecular flexibility index (Phi) is 6.49. The molecular weight excluding hydrogens is 334 g/mol. The molecule has 1 aromatic carbocycles. The van der Waals surface area contributed by atoms with Gasteiger partial charge in [-0.05, 0) is 26.0 Å². The Hall–Kier alpha value is -2.70. The second kappa shape index (κ2) is 8.60. The number of nitrogens with zero attached hydrogens (tertiary/aromatic N) is 3. The van der Waals surface area contributed by atoms with Gasteiger partial charge in [-0.2, -0.15) is 5.10 Å². The Morgan fingerprint density at radius 3 is 2.50 bits per heavy atom. The van der Waals surface area contributed by atoms with Crippen LogP contribution < -0.4 is 5.01 Å². The van der Waals surface area contributed by atoms with Gasteiger partial charge in [-0.15, -0.1) is 0 Å². The Balaban J connectivity index is 2.21. The number of para-hydroxylation sites is 1. The lowest BCUT2D eigenvalue weighted by Crippen LogP contribution is -2.41. The molecule has 1 aliphatic heterocycles. The largest absolute Gasteiger partial charge is 0.469 e. The zero-order chi connectivity index (χ0) is 19.3. The number of hydrogen-bond donors (Lipinski definition) is 0. The summed E-state index contributed by atoms with van der Waals surface area (Å²) in [5.74, 6) is -1.10. The number of amides is 1. The monoisotopic (exact) mass is 359 g/mol. The standard InChI is InChI=1S/C19H25N3O4/c1-5-21(12-13(2)19(25)26-4)18(24)16-11-17(14(3)23)22(20-16)15-9-7-6-8-10-15/h6-10,13,17H,5,11-12H2,1-4H3. The summed E-state index contributed by atoms with van der Waals surface area (Å²) in [6.07, 6.45) is 0.256. The van der Waals surface area contributed by atoms with Gasteiger partial charge in [0.15, 0.2) is 5.78 Å². The second-order valence-corrected chi connectivity index (χ2v) is 6.33. The molecule has 1 amide bonds. The number of hydrazone groups is 1. The van der Waals surface area contributed by atoms with E-state index < -0.39 is 12.0 Å². The molecule has 0 fully saturated rings. The number of Topliss-reactive ketones (excluding diaryl/α,β-unsaturated/α-hetero) is 1. The summed E-state index contributed by atoms with van der Waals surface area (Å²) in [4.78, 5) is 38.1. The van der Waals surface area contributed by atoms with Gasteiger partial charge in [0.2, 0.25) is 0 Å². The molecule has 7 heteroatoms. The van der Waals surface area contributed by atoms with Crippen LogP contribution in [0.1, 0.15) is 27.2 Å². The number of ketones is 1. The van der Waals surface area contributed by atoms with Gasteiger partial charge in [0, 0.05) is 19.5 Å². The highest BCUT2D eigenvalue weighted by molar-refractivity contribution is 6.40. The molecule has 1 heterocycles. The lowest BCUT2D eigenvalue weighted by Gasteiger charge is -2.23. The smallest absolute Gasteiger partial charge is 0.310 e. The quantitative estimate of drug-likeness (QED) is 0.695. The first kappa shape index (κ1) is 19.6. The van der Waals surface area contributed by atoms with Crippen LogP contribution in [0, 0.1) is 5.92 Å². The summed E-state index contributed by atoms with van der Waals surface area (Å²) in [5, 5.41) is 6.03. The fraction of sp³-hybridized carbons (Fsp3) is 0.474. The summed E-state index contributed by atoms with van der Waals surface area (Å²) >= 11 is 0. The fourth-order valence-electron chi connectivity index (χ4n) is 2.92. The van der Waals surface area contributed by atoms with Crippen molar-refractivity contribution in [3.8, 4) is 0 Å². The van der Waals surface area contributed by atoms with Crippen LogP contribution in [0.5, 0.6) is 0 Å². The summed E-state index contributed by atoms with van der Waals surface area (Å²) in [5.41, 5.74) is 1.09. The van der Waals surface area contributed by atoms with E-state index in [1.165, 1.54) is 14.0 Å². The van der Waals surface area contributed by atoms with Crippen LogP contribution in [0.4, 0.5) is 5.69 Å². The molecule has 0 aliphatic carbocycles. The van der Waals surface area contributed by atoms with E-state index >= 15 is 0 Å². The number of hydrogen-bond acceptors (Lipinski definition) is 6. The summed E-state index contributed by atoms with van der Waals surface area (Å²) < 4.78 is 4.73. The van der Waals surface area contributed by atoms with Gasteiger partial charge in [0.1, 0.15) is 11.8 Å². The summed E-state index contributed by atoms with van der Waals surface area (Å²) in [7, 11) is 1.33. The number of rotatable bonds is 7. The Morgan fingerprint density at radius 1 is 1.31 bits per heavy atom. The second-order valence-electron chi connectivity index (χ2n) is 6.33. The molecule has 2 unspecified atom stereocenters. The first-order valence-electron chi connectivity index (χ1n) is 8.68. The van der Waals surface area contributed by atoms with Crippen molar-refractivity contribution in [2.75, 3.05) is 25.2 Å². The minimum atomic E-state index is -0.493. The molecule has 0 spiro atoms. The number of anilines is 1. The van der Waals surface area contributed by atoms with E-state index in [0.29, 0.717) is 12.3 Å². The van der Waals surface area contributed by atoms with Crippen molar-refractivity contribution < 1.29 is 19.1 Å². The normalized spacial score (nSPS) is 17.5. The number of carbonyl (C=O) groups is 3. The molecule has 0 N–H and O–H groups in total. The summed E-state index contributed by atoms with van der Waals surface area (Å²) in [6.45, 7) is 5.74. The van der Waals surface area contributed by atoms with Gasteiger partial charge >= 0.3 is 5.97 Å². The minimum Gasteiger partial charge on any atom is -0.469 e. The van der Waals surface area contributed by atoms with E-state index in [1.54, 1.807) is 16.8 Å². The van der Waals surface area contributed by atoms with Crippen LogP contribution in [0.15, 0.2) is 35.4 Å². The minimum absolute atomic E-state index is 0.0496. The molecule has 1 aliphatic rings. The fourth-order valence-corrected chi connectivity index (χ4v) is 2.92. The molecule has 0 saturated carbocycles. The lowest BCUT2D eigenvalue weighted by molar-refractivity contribution is -0.145. The van der Waals surface area contributed by atoms with Gasteiger partial charge in [-0.3, -0.25) is 19.4 Å². The van der Waals surface area contributed by atoms with Gasteiger partial charge < -0.3 is 9.64 Å². The van der Waals surface area contributed by atoms with Crippen molar-refractivity contribution >= 4 is 29.1 Å². The van der Waals surface area contributed by atoms with Crippen LogP contribution in [0.3, 0.4) is 0 Å². The number of methoxy groups -OCH3 is 1. The van der Waals surface area contributed by atoms with Crippen molar-refractivity contribution in [1.29, 1.82) is 0 Å². The van der Waals surface area contributed by atoms with Crippen molar-refractivity contribution in [2.24, 2.45) is 11.0 Å². The van der Waals surface area contributed by atoms with E-state index in [9.17, 15) is 14.4 Å². The third kappa shape index (κ3) is 4.28. The van der Waals surface area contributed by atoms with Crippen LogP contribution in [0.25, 0.3) is 0 Å². The van der Waals surface area contributed by atoms with Crippen molar-refractivity contribution in [1.82, 2.24) is 4.90 Å². The lowest BCUT2D eigenvalue weighted by atomic mass is 10.1. The highest BCUT2D eigenvalue weighted by Crippen LogP contribution is 2.25. The Labute approximate surface area is 153 Å². The van der Waals surface area contributed by atoms with Gasteiger partial charge in [0.25, 0.3) is 5.91 Å². The topological polar surface area (TPSA) is 79.3 Å². The van der Waals surface area contributed by atoms with Gasteiger partial charge in [-0.25, -0.2) is 0 Å². The molecule has 1 aromatic rings. The molecule has 0 saturated heterocycles.